The van der Waals surface area contributed by atoms with Gasteiger partial charge in [0, 0.05) is 37.8 Å². The van der Waals surface area contributed by atoms with Crippen molar-refractivity contribution in [2.75, 3.05) is 20.2 Å². The highest BCUT2D eigenvalue weighted by Gasteiger charge is 2.33. The van der Waals surface area contributed by atoms with Crippen LogP contribution in [0.4, 0.5) is 4.79 Å². The van der Waals surface area contributed by atoms with Gasteiger partial charge in [0.2, 0.25) is 17.7 Å². The van der Waals surface area contributed by atoms with Gasteiger partial charge in [0.15, 0.2) is 5.78 Å². The first kappa shape index (κ1) is 50.1. The Kier molecular flexibility index (Phi) is 18.9. The molecule has 4 rings (SSSR count). The third-order valence-corrected chi connectivity index (χ3v) is 11.1. The Morgan fingerprint density at radius 3 is 1.89 bits per heavy atom. The predicted molar refractivity (Wildman–Crippen MR) is 245 cm³/mol. The molecule has 3 aromatic carbocycles. The normalized spacial score (nSPS) is 14.7. The van der Waals surface area contributed by atoms with Gasteiger partial charge in [-0.15, -0.1) is 0 Å². The minimum absolute atomic E-state index is 0.0296. The maximum atomic E-state index is 14.1. The van der Waals surface area contributed by atoms with E-state index < -0.39 is 59.3 Å². The molecule has 0 aromatic heterocycles. The Hall–Kier alpha value is -5.56. The van der Waals surface area contributed by atoms with E-state index in [2.05, 4.69) is 50.8 Å². The van der Waals surface area contributed by atoms with Crippen LogP contribution < -0.4 is 26.6 Å². The van der Waals surface area contributed by atoms with Crippen LogP contribution in [-0.2, 0) is 39.9 Å². The van der Waals surface area contributed by atoms with Crippen LogP contribution in [0.2, 0.25) is 0 Å². The van der Waals surface area contributed by atoms with Gasteiger partial charge < -0.3 is 36.1 Å². The van der Waals surface area contributed by atoms with Crippen LogP contribution in [0.25, 0.3) is 11.1 Å². The molecule has 5 atom stereocenters. The molecule has 0 saturated heterocycles. The summed E-state index contributed by atoms with van der Waals surface area (Å²) in [5.74, 6) is -3.17. The molecule has 0 radical (unpaired) electrons. The molecule has 5 N–H and O–H groups in total. The standard InChI is InChI=1S/C50H69N5O8/c1-31(2)27-35(47(59)53-33(5)46(58)51-9)29-43(56)42(23-24-44(57)63-50(6,7)8)55-48(60)45(32(3)4)52-26-25-36(28-34-17-11-10-12-18-34)54-49(61)62-30-41-39-21-15-13-19-37(39)38-20-14-16-22-40(38)41/h10-22,31-33,35-36,41-42,45,52H,23-30H2,1-9H3,(H,51,58)(H,53,59)(H,54,61)(H,55,60)/t33-,35+,36+,42-,45-/m1/s1. The Labute approximate surface area is 373 Å². The van der Waals surface area contributed by atoms with Crippen molar-refractivity contribution in [2.24, 2.45) is 17.8 Å². The number of alkyl carbamates (subject to hydrolysis) is 1. The number of esters is 1. The second kappa shape index (κ2) is 23.8. The quantitative estimate of drug-likeness (QED) is 0.0655. The van der Waals surface area contributed by atoms with Gasteiger partial charge in [-0.05, 0) is 99.6 Å². The van der Waals surface area contributed by atoms with Gasteiger partial charge >= 0.3 is 12.1 Å². The van der Waals surface area contributed by atoms with Gasteiger partial charge in [-0.1, -0.05) is 107 Å². The highest BCUT2D eigenvalue weighted by atomic mass is 16.6. The topological polar surface area (TPSA) is 181 Å². The molecule has 0 heterocycles. The van der Waals surface area contributed by atoms with Gasteiger partial charge in [0.05, 0.1) is 12.1 Å². The zero-order valence-corrected chi connectivity index (χ0v) is 38.5. The minimum atomic E-state index is -1.09. The van der Waals surface area contributed by atoms with Crippen molar-refractivity contribution in [3.63, 3.8) is 0 Å². The molecule has 13 heteroatoms. The number of carbonyl (C=O) groups excluding carboxylic acids is 6. The van der Waals surface area contributed by atoms with Gasteiger partial charge in [-0.3, -0.25) is 24.0 Å². The molecule has 342 valence electrons. The third-order valence-electron chi connectivity index (χ3n) is 11.1. The summed E-state index contributed by atoms with van der Waals surface area (Å²) >= 11 is 0. The SMILES string of the molecule is CNC(=O)[C@@H](C)NC(=O)[C@H](CC(=O)[C@@H](CCC(=O)OC(C)(C)C)NC(=O)[C@H](NCC[C@@H](Cc1ccccc1)NC(=O)OCC1c2ccccc2-c2ccccc21)C(C)C)CC(C)C. The number of hydrogen-bond donors (Lipinski definition) is 5. The third kappa shape index (κ3) is 15.6. The van der Waals surface area contributed by atoms with Crippen LogP contribution >= 0.6 is 0 Å². The van der Waals surface area contributed by atoms with Crippen LogP contribution in [0, 0.1) is 17.8 Å². The zero-order valence-electron chi connectivity index (χ0n) is 38.5. The lowest BCUT2D eigenvalue weighted by Gasteiger charge is -2.28. The Balaban J connectivity index is 1.45. The molecule has 1 aliphatic carbocycles. The lowest BCUT2D eigenvalue weighted by Crippen LogP contribution is -2.53. The van der Waals surface area contributed by atoms with Crippen LogP contribution in [0.15, 0.2) is 78.9 Å². The first-order valence-corrected chi connectivity index (χ1v) is 22.3. The van der Waals surface area contributed by atoms with Gasteiger partial charge in [0.25, 0.3) is 0 Å². The number of carbonyl (C=O) groups is 6. The molecular weight excluding hydrogens is 799 g/mol. The molecule has 0 saturated carbocycles. The first-order valence-electron chi connectivity index (χ1n) is 22.3. The number of rotatable bonds is 23. The van der Waals surface area contributed by atoms with Crippen molar-refractivity contribution in [3.8, 4) is 11.1 Å². The Morgan fingerprint density at radius 2 is 1.32 bits per heavy atom. The smallest absolute Gasteiger partial charge is 0.407 e. The molecule has 0 aliphatic heterocycles. The van der Waals surface area contributed by atoms with Crippen molar-refractivity contribution < 1.29 is 38.2 Å². The predicted octanol–water partition coefficient (Wildman–Crippen LogP) is 6.62. The average Bonchev–Trinajstić information content (AvgIpc) is 3.55. The number of benzene rings is 3. The summed E-state index contributed by atoms with van der Waals surface area (Å²) in [6.07, 6.45) is 0.455. The average molecular weight is 868 g/mol. The van der Waals surface area contributed by atoms with Crippen molar-refractivity contribution in [1.82, 2.24) is 26.6 Å². The summed E-state index contributed by atoms with van der Waals surface area (Å²) in [6.45, 7) is 15.0. The molecule has 3 aromatic rings. The first-order chi connectivity index (χ1) is 29.9. The van der Waals surface area contributed by atoms with Gasteiger partial charge in [-0.25, -0.2) is 4.79 Å². The summed E-state index contributed by atoms with van der Waals surface area (Å²) in [5.41, 5.74) is 4.81. The number of ether oxygens (including phenoxy) is 2. The number of amides is 4. The van der Waals surface area contributed by atoms with Gasteiger partial charge in [0.1, 0.15) is 18.2 Å². The van der Waals surface area contributed by atoms with Gasteiger partial charge in [-0.2, -0.15) is 0 Å². The maximum absolute atomic E-state index is 14.1. The Morgan fingerprint density at radius 1 is 0.714 bits per heavy atom. The number of Topliss-reactive ketones (excluding diaryl/α,β-unsaturated/α-hetero) is 1. The molecule has 0 bridgehead atoms. The molecule has 13 nitrogen and oxygen atoms in total. The van der Waals surface area contributed by atoms with Crippen LogP contribution in [0.5, 0.6) is 0 Å². The number of nitrogens with one attached hydrogen (secondary N) is 5. The second-order valence-electron chi connectivity index (χ2n) is 18.3. The highest BCUT2D eigenvalue weighted by Crippen LogP contribution is 2.44. The maximum Gasteiger partial charge on any atom is 0.407 e. The van der Waals surface area contributed by atoms with Crippen molar-refractivity contribution >= 4 is 35.6 Å². The fourth-order valence-corrected chi connectivity index (χ4v) is 8.06. The van der Waals surface area contributed by atoms with E-state index in [1.807, 2.05) is 82.3 Å². The van der Waals surface area contributed by atoms with Crippen LogP contribution in [-0.4, -0.2) is 85.5 Å². The monoisotopic (exact) mass is 868 g/mol. The van der Waals surface area contributed by atoms with Crippen molar-refractivity contribution in [3.05, 3.63) is 95.6 Å². The van der Waals surface area contributed by atoms with E-state index in [0.29, 0.717) is 25.8 Å². The molecule has 0 unspecified atom stereocenters. The molecule has 63 heavy (non-hydrogen) atoms. The number of ketones is 1. The van der Waals surface area contributed by atoms with E-state index >= 15 is 0 Å². The van der Waals surface area contributed by atoms with E-state index in [1.165, 1.54) is 7.05 Å². The van der Waals surface area contributed by atoms with E-state index in [1.54, 1.807) is 27.7 Å². The summed E-state index contributed by atoms with van der Waals surface area (Å²) in [4.78, 5) is 80.0. The van der Waals surface area contributed by atoms with Crippen molar-refractivity contribution in [2.45, 2.75) is 130 Å². The second-order valence-corrected chi connectivity index (χ2v) is 18.3. The van der Waals surface area contributed by atoms with E-state index in [0.717, 1.165) is 27.8 Å². The largest absolute Gasteiger partial charge is 0.460 e. The lowest BCUT2D eigenvalue weighted by atomic mass is 9.88. The van der Waals surface area contributed by atoms with Crippen molar-refractivity contribution in [1.29, 1.82) is 0 Å². The summed E-state index contributed by atoms with van der Waals surface area (Å²) in [6, 6.07) is 23.2. The van der Waals surface area contributed by atoms with Crippen LogP contribution in [0.1, 0.15) is 110 Å². The molecule has 0 spiro atoms. The minimum Gasteiger partial charge on any atom is -0.460 e. The summed E-state index contributed by atoms with van der Waals surface area (Å²) < 4.78 is 11.4. The fraction of sp³-hybridized carbons (Fsp3) is 0.520. The highest BCUT2D eigenvalue weighted by molar-refractivity contribution is 5.95. The van der Waals surface area contributed by atoms with E-state index in [-0.39, 0.29) is 55.6 Å². The molecule has 4 amide bonds. The lowest BCUT2D eigenvalue weighted by molar-refractivity contribution is -0.155. The fourth-order valence-electron chi connectivity index (χ4n) is 8.06. The van der Waals surface area contributed by atoms with E-state index in [9.17, 15) is 28.8 Å². The molecule has 0 fully saturated rings. The number of fused-ring (bicyclic) bond motifs is 3. The molecular formula is C50H69N5O8. The summed E-state index contributed by atoms with van der Waals surface area (Å²) in [5, 5.41) is 14.6. The summed E-state index contributed by atoms with van der Waals surface area (Å²) in [7, 11) is 1.48. The zero-order chi connectivity index (χ0) is 46.3. The van der Waals surface area contributed by atoms with E-state index in [4.69, 9.17) is 9.47 Å². The van der Waals surface area contributed by atoms with Crippen LogP contribution in [0.3, 0.4) is 0 Å². The Bertz CT molecular complexity index is 1970. The molecule has 1 aliphatic rings. The number of hydrogen-bond acceptors (Lipinski definition) is 9. The number of likely N-dealkylation sites (N-methyl/N-ethyl adjacent to an activating group) is 1.